The molecule has 0 aliphatic carbocycles. The molecule has 0 spiro atoms. The van der Waals surface area contributed by atoms with E-state index < -0.39 is 0 Å². The van der Waals surface area contributed by atoms with Crippen LogP contribution in [0, 0.1) is 0 Å². The van der Waals surface area contributed by atoms with Crippen molar-refractivity contribution < 1.29 is 0 Å². The van der Waals surface area contributed by atoms with Crippen molar-refractivity contribution in [2.24, 2.45) is 0 Å². The highest BCUT2D eigenvalue weighted by molar-refractivity contribution is 5.44. The Morgan fingerprint density at radius 3 is 2.22 bits per heavy atom. The molecular weight excluding hydrogens is 222 g/mol. The largest absolute Gasteiger partial charge is 0.370 e. The number of rotatable bonds is 8. The van der Waals surface area contributed by atoms with Gasteiger partial charge in [0, 0.05) is 19.1 Å². The molecule has 0 radical (unpaired) electrons. The van der Waals surface area contributed by atoms with Gasteiger partial charge in [0.05, 0.1) is 17.6 Å². The molecule has 0 saturated heterocycles. The second-order valence-electron chi connectivity index (χ2n) is 4.68. The number of aromatic nitrogens is 1. The summed E-state index contributed by atoms with van der Waals surface area (Å²) in [5, 5.41) is 3.29. The monoisotopic (exact) mass is 249 g/mol. The first kappa shape index (κ1) is 15.0. The Morgan fingerprint density at radius 1 is 1.17 bits per heavy atom. The molecule has 18 heavy (non-hydrogen) atoms. The van der Waals surface area contributed by atoms with E-state index in [4.69, 9.17) is 0 Å². The number of nitrogens with one attached hydrogen (secondary N) is 1. The highest BCUT2D eigenvalue weighted by atomic mass is 15.1. The van der Waals surface area contributed by atoms with Crippen LogP contribution in [0.1, 0.15) is 51.8 Å². The van der Waals surface area contributed by atoms with Crippen molar-refractivity contribution >= 4 is 5.69 Å². The molecule has 3 nitrogen and oxygen atoms in total. The van der Waals surface area contributed by atoms with Gasteiger partial charge in [0.25, 0.3) is 0 Å². The lowest BCUT2D eigenvalue weighted by atomic mass is 10.1. The van der Waals surface area contributed by atoms with Crippen LogP contribution in [-0.2, 0) is 0 Å². The fourth-order valence-electron chi connectivity index (χ4n) is 2.26. The fourth-order valence-corrected chi connectivity index (χ4v) is 2.26. The Bertz CT molecular complexity index is 311. The van der Waals surface area contributed by atoms with E-state index in [0.29, 0.717) is 6.04 Å². The van der Waals surface area contributed by atoms with Gasteiger partial charge in [-0.25, -0.2) is 0 Å². The number of nitrogens with zero attached hydrogens (tertiary/aromatic N) is 2. The van der Waals surface area contributed by atoms with E-state index in [9.17, 15) is 0 Å². The van der Waals surface area contributed by atoms with E-state index in [2.05, 4.69) is 48.1 Å². The van der Waals surface area contributed by atoms with E-state index in [1.165, 1.54) is 18.5 Å². The highest BCUT2D eigenvalue weighted by Gasteiger charge is 2.09. The van der Waals surface area contributed by atoms with Crippen molar-refractivity contribution in [3.05, 3.63) is 24.0 Å². The van der Waals surface area contributed by atoms with Crippen molar-refractivity contribution in [3.8, 4) is 0 Å². The van der Waals surface area contributed by atoms with Crippen molar-refractivity contribution in [1.29, 1.82) is 0 Å². The molecule has 1 atom stereocenters. The summed E-state index contributed by atoms with van der Waals surface area (Å²) in [4.78, 5) is 7.02. The van der Waals surface area contributed by atoms with Crippen LogP contribution in [0.2, 0.25) is 0 Å². The molecule has 3 heteroatoms. The van der Waals surface area contributed by atoms with Gasteiger partial charge in [-0.15, -0.1) is 0 Å². The Morgan fingerprint density at radius 2 is 1.83 bits per heavy atom. The normalized spacial score (nSPS) is 12.4. The summed E-state index contributed by atoms with van der Waals surface area (Å²) in [6.45, 7) is 8.84. The van der Waals surface area contributed by atoms with Gasteiger partial charge in [0.1, 0.15) is 0 Å². The molecule has 0 saturated carbocycles. The Hall–Kier alpha value is -1.09. The summed E-state index contributed by atoms with van der Waals surface area (Å²) < 4.78 is 0. The van der Waals surface area contributed by atoms with Gasteiger partial charge >= 0.3 is 0 Å². The molecule has 0 aromatic carbocycles. The third-order valence-electron chi connectivity index (χ3n) is 3.24. The van der Waals surface area contributed by atoms with E-state index in [0.717, 1.165) is 25.2 Å². The maximum absolute atomic E-state index is 4.60. The summed E-state index contributed by atoms with van der Waals surface area (Å²) >= 11 is 0. The Balaban J connectivity index is 2.79. The first-order valence-corrected chi connectivity index (χ1v) is 7.14. The van der Waals surface area contributed by atoms with Crippen LogP contribution in [0.25, 0.3) is 0 Å². The van der Waals surface area contributed by atoms with Crippen LogP contribution in [-0.4, -0.2) is 25.1 Å². The molecule has 0 aliphatic heterocycles. The van der Waals surface area contributed by atoms with Gasteiger partial charge < -0.3 is 10.2 Å². The molecular formula is C15H27N3. The molecule has 0 fully saturated rings. The molecule has 0 amide bonds. The molecule has 1 unspecified atom stereocenters. The van der Waals surface area contributed by atoms with Gasteiger partial charge in [-0.2, -0.15) is 0 Å². The first-order chi connectivity index (χ1) is 8.76. The quantitative estimate of drug-likeness (QED) is 0.765. The second-order valence-corrected chi connectivity index (χ2v) is 4.68. The predicted octanol–water partition coefficient (Wildman–Crippen LogP) is 3.38. The topological polar surface area (TPSA) is 28.2 Å². The van der Waals surface area contributed by atoms with Gasteiger partial charge in [0.15, 0.2) is 0 Å². The van der Waals surface area contributed by atoms with Crippen LogP contribution >= 0.6 is 0 Å². The van der Waals surface area contributed by atoms with E-state index >= 15 is 0 Å². The molecule has 1 N–H and O–H groups in total. The lowest BCUT2D eigenvalue weighted by Gasteiger charge is -2.24. The standard InChI is InChI=1S/C15H27N3/c1-5-10-18(11-6-2)13-8-9-15(17-12-13)14(7-3)16-4/h8-9,12,14,16H,5-7,10-11H2,1-4H3. The maximum Gasteiger partial charge on any atom is 0.0574 e. The third-order valence-corrected chi connectivity index (χ3v) is 3.24. The van der Waals surface area contributed by atoms with Crippen LogP contribution < -0.4 is 10.2 Å². The first-order valence-electron chi connectivity index (χ1n) is 7.14. The van der Waals surface area contributed by atoms with Crippen molar-refractivity contribution in [3.63, 3.8) is 0 Å². The third kappa shape index (κ3) is 3.98. The molecule has 0 aliphatic rings. The van der Waals surface area contributed by atoms with E-state index in [-0.39, 0.29) is 0 Å². The van der Waals surface area contributed by atoms with Gasteiger partial charge in [-0.1, -0.05) is 20.8 Å². The highest BCUT2D eigenvalue weighted by Crippen LogP contribution is 2.18. The summed E-state index contributed by atoms with van der Waals surface area (Å²) in [6, 6.07) is 4.72. The average molecular weight is 249 g/mol. The zero-order chi connectivity index (χ0) is 13.4. The number of anilines is 1. The van der Waals surface area contributed by atoms with Gasteiger partial charge in [-0.05, 0) is 38.4 Å². The number of pyridine rings is 1. The van der Waals surface area contributed by atoms with Gasteiger partial charge in [-0.3, -0.25) is 4.98 Å². The number of hydrogen-bond donors (Lipinski definition) is 1. The molecule has 1 rings (SSSR count). The molecule has 1 heterocycles. The average Bonchev–Trinajstić information content (AvgIpc) is 2.41. The van der Waals surface area contributed by atoms with Crippen molar-refractivity contribution in [2.45, 2.75) is 46.1 Å². The summed E-state index contributed by atoms with van der Waals surface area (Å²) in [6.07, 6.45) is 5.43. The zero-order valence-electron chi connectivity index (χ0n) is 12.2. The molecule has 0 bridgehead atoms. The Kier molecular flexibility index (Phi) is 6.73. The van der Waals surface area contributed by atoms with E-state index in [1.54, 1.807) is 0 Å². The summed E-state index contributed by atoms with van der Waals surface area (Å²) in [5.41, 5.74) is 2.38. The maximum atomic E-state index is 4.60. The van der Waals surface area contributed by atoms with Crippen LogP contribution in [0.3, 0.4) is 0 Å². The smallest absolute Gasteiger partial charge is 0.0574 e. The lowest BCUT2D eigenvalue weighted by molar-refractivity contribution is 0.561. The van der Waals surface area contributed by atoms with E-state index in [1.807, 2.05) is 13.2 Å². The minimum atomic E-state index is 0.366. The molecule has 102 valence electrons. The zero-order valence-corrected chi connectivity index (χ0v) is 12.2. The van der Waals surface area contributed by atoms with Crippen molar-refractivity contribution in [1.82, 2.24) is 10.3 Å². The van der Waals surface area contributed by atoms with Crippen LogP contribution in [0.4, 0.5) is 5.69 Å². The van der Waals surface area contributed by atoms with Crippen LogP contribution in [0.5, 0.6) is 0 Å². The number of hydrogen-bond acceptors (Lipinski definition) is 3. The minimum absolute atomic E-state index is 0.366. The predicted molar refractivity (Wildman–Crippen MR) is 79.1 cm³/mol. The van der Waals surface area contributed by atoms with Gasteiger partial charge in [0.2, 0.25) is 0 Å². The second kappa shape index (κ2) is 8.09. The molecule has 1 aromatic heterocycles. The van der Waals surface area contributed by atoms with Crippen molar-refractivity contribution in [2.75, 3.05) is 25.0 Å². The Labute approximate surface area is 112 Å². The fraction of sp³-hybridized carbons (Fsp3) is 0.667. The molecule has 1 aromatic rings. The SMILES string of the molecule is CCCN(CCC)c1ccc(C(CC)NC)nc1. The minimum Gasteiger partial charge on any atom is -0.370 e. The summed E-state index contributed by atoms with van der Waals surface area (Å²) in [7, 11) is 1.99. The van der Waals surface area contributed by atoms with Crippen LogP contribution in [0.15, 0.2) is 18.3 Å². The summed E-state index contributed by atoms with van der Waals surface area (Å²) in [5.74, 6) is 0. The lowest BCUT2D eigenvalue weighted by Crippen LogP contribution is -2.25.